The lowest BCUT2D eigenvalue weighted by atomic mass is 10.3. The maximum atomic E-state index is 9.75. The average Bonchev–Trinajstić information content (AvgIpc) is 3.54. The second kappa shape index (κ2) is 9.56. The summed E-state index contributed by atoms with van der Waals surface area (Å²) in [7, 11) is -8.07. The molecule has 31 heavy (non-hydrogen) atoms. The minimum atomic E-state index is -6.00. The summed E-state index contributed by atoms with van der Waals surface area (Å²) in [6.07, 6.45) is 7.61. The highest BCUT2D eigenvalue weighted by Gasteiger charge is 2.63. The van der Waals surface area contributed by atoms with Crippen molar-refractivity contribution in [1.82, 2.24) is 29.2 Å². The minimum absolute atomic E-state index is 0.898. The number of para-hydroxylation sites is 1. The van der Waals surface area contributed by atoms with Gasteiger partial charge in [-0.1, -0.05) is 12.1 Å². The third-order valence-corrected chi connectivity index (χ3v) is 9.65. The van der Waals surface area contributed by atoms with Gasteiger partial charge < -0.3 is 17.3 Å². The Hall–Kier alpha value is -1.49. The van der Waals surface area contributed by atoms with Crippen LogP contribution >= 0.6 is 7.94 Å². The number of hydrogen-bond donors (Lipinski definition) is 0. The molecule has 0 N–H and O–H groups in total. The molecule has 172 valence electrons. The van der Waals surface area contributed by atoms with Crippen molar-refractivity contribution in [2.75, 3.05) is 39.3 Å². The smallest absolute Gasteiger partial charge is 0.418 e. The van der Waals surface area contributed by atoms with E-state index in [0.717, 1.165) is 50.3 Å². The first-order valence-corrected chi connectivity index (χ1v) is 12.5. The molecule has 0 spiro atoms. The van der Waals surface area contributed by atoms with Crippen molar-refractivity contribution in [1.29, 1.82) is 0 Å². The van der Waals surface area contributed by atoms with E-state index in [2.05, 4.69) is 30.4 Å². The van der Waals surface area contributed by atoms with Gasteiger partial charge in [0.1, 0.15) is 11.0 Å². The van der Waals surface area contributed by atoms with Crippen molar-refractivity contribution in [2.24, 2.45) is 0 Å². The minimum Gasteiger partial charge on any atom is -0.418 e. The van der Waals surface area contributed by atoms with Gasteiger partial charge in [-0.2, -0.15) is 4.62 Å². The molecule has 3 aliphatic heterocycles. The molecule has 1 aromatic carbocycles. The van der Waals surface area contributed by atoms with Crippen LogP contribution in [0.4, 0.5) is 17.3 Å². The molecular formula is C18H28BF4N6OP. The molecule has 0 aliphatic carbocycles. The molecule has 0 saturated carbocycles. The summed E-state index contributed by atoms with van der Waals surface area (Å²) in [6, 6.07) is 8.10. The molecule has 0 atom stereocenters. The van der Waals surface area contributed by atoms with Crippen LogP contribution in [0.1, 0.15) is 38.5 Å². The first-order chi connectivity index (χ1) is 14.9. The molecule has 2 aromatic rings. The van der Waals surface area contributed by atoms with E-state index in [-0.39, 0.29) is 0 Å². The zero-order valence-corrected chi connectivity index (χ0v) is 18.3. The van der Waals surface area contributed by atoms with Crippen molar-refractivity contribution in [2.45, 2.75) is 38.5 Å². The molecule has 3 fully saturated rings. The van der Waals surface area contributed by atoms with Gasteiger partial charge >= 0.3 is 15.2 Å². The highest BCUT2D eigenvalue weighted by atomic mass is 31.2. The number of benzene rings is 1. The largest absolute Gasteiger partial charge is 0.673 e. The Labute approximate surface area is 179 Å². The molecule has 0 bridgehead atoms. The van der Waals surface area contributed by atoms with Crippen molar-refractivity contribution in [3.63, 3.8) is 0 Å². The maximum Gasteiger partial charge on any atom is 0.673 e. The van der Waals surface area contributed by atoms with Gasteiger partial charge in [0.15, 0.2) is 0 Å². The molecular weight excluding hydrogens is 434 g/mol. The lowest BCUT2D eigenvalue weighted by molar-refractivity contribution is 0.169. The molecule has 3 aliphatic rings. The van der Waals surface area contributed by atoms with Crippen LogP contribution in [0.15, 0.2) is 24.3 Å². The van der Waals surface area contributed by atoms with Gasteiger partial charge in [0, 0.05) is 39.3 Å². The fourth-order valence-corrected chi connectivity index (χ4v) is 8.71. The van der Waals surface area contributed by atoms with Gasteiger partial charge in [0.2, 0.25) is 0 Å². The van der Waals surface area contributed by atoms with E-state index in [9.17, 15) is 17.3 Å². The number of rotatable bonds is 5. The first kappa shape index (κ1) is 22.7. The molecule has 0 radical (unpaired) electrons. The van der Waals surface area contributed by atoms with Crippen LogP contribution in [-0.2, 0) is 0 Å². The molecule has 3 saturated heterocycles. The molecule has 7 nitrogen and oxygen atoms in total. The topological polar surface area (TPSA) is 49.7 Å². The highest BCUT2D eigenvalue weighted by Crippen LogP contribution is 2.68. The van der Waals surface area contributed by atoms with E-state index in [4.69, 9.17) is 4.62 Å². The molecule has 5 rings (SSSR count). The standard InChI is InChI=1S/C18H28N6OP.BF4/c1-2-10-18-17(9-1)19-20-24(18)25-26(21-11-3-4-12-21,22-13-5-6-14-22)23-15-7-8-16-23;2-1(3,4)5/h1-2,9-10H,3-8,11-16H2;/q+1;-1. The zero-order chi connectivity index (χ0) is 21.9. The third-order valence-electron chi connectivity index (χ3n) is 5.86. The van der Waals surface area contributed by atoms with Crippen LogP contribution in [0.2, 0.25) is 0 Å². The summed E-state index contributed by atoms with van der Waals surface area (Å²) in [5.41, 5.74) is 1.87. The van der Waals surface area contributed by atoms with Crippen LogP contribution in [0.25, 0.3) is 11.0 Å². The Bertz CT molecular complexity index is 806. The van der Waals surface area contributed by atoms with Crippen LogP contribution in [0.3, 0.4) is 0 Å². The maximum absolute atomic E-state index is 9.75. The molecule has 4 heterocycles. The number of aromatic nitrogens is 3. The van der Waals surface area contributed by atoms with Crippen LogP contribution in [-0.4, -0.2) is 75.7 Å². The van der Waals surface area contributed by atoms with E-state index >= 15 is 0 Å². The Morgan fingerprint density at radius 3 is 1.61 bits per heavy atom. The van der Waals surface area contributed by atoms with Crippen molar-refractivity contribution in [3.8, 4) is 0 Å². The Morgan fingerprint density at radius 2 is 1.16 bits per heavy atom. The normalized spacial score (nSPS) is 21.5. The second-order valence-electron chi connectivity index (χ2n) is 8.02. The second-order valence-corrected chi connectivity index (χ2v) is 10.9. The first-order valence-electron chi connectivity index (χ1n) is 10.9. The summed E-state index contributed by atoms with van der Waals surface area (Å²) in [4.78, 5) is 1.72. The van der Waals surface area contributed by atoms with E-state index < -0.39 is 15.2 Å². The fourth-order valence-electron chi connectivity index (χ4n) is 4.59. The molecule has 1 aromatic heterocycles. The van der Waals surface area contributed by atoms with E-state index in [1.165, 1.54) is 38.5 Å². The number of halogens is 4. The predicted octanol–water partition coefficient (Wildman–Crippen LogP) is 4.12. The lowest BCUT2D eigenvalue weighted by Gasteiger charge is -2.39. The van der Waals surface area contributed by atoms with Gasteiger partial charge in [-0.25, -0.2) is 0 Å². The molecule has 0 unspecified atom stereocenters. The number of nitrogens with zero attached hydrogens (tertiary/aromatic N) is 6. The quantitative estimate of drug-likeness (QED) is 0.379. The van der Waals surface area contributed by atoms with Crippen molar-refractivity contribution < 1.29 is 21.9 Å². The number of hydrogen-bond acceptors (Lipinski definition) is 6. The van der Waals surface area contributed by atoms with Crippen LogP contribution in [0.5, 0.6) is 0 Å². The van der Waals surface area contributed by atoms with E-state index in [0.29, 0.717) is 0 Å². The Kier molecular flexibility index (Phi) is 7.00. The molecule has 0 amide bonds. The van der Waals surface area contributed by atoms with E-state index in [1.807, 2.05) is 18.2 Å². The Balaban J connectivity index is 0.000000418. The molecule has 13 heteroatoms. The average molecular weight is 462 g/mol. The monoisotopic (exact) mass is 462 g/mol. The lowest BCUT2D eigenvalue weighted by Crippen LogP contribution is -2.47. The van der Waals surface area contributed by atoms with Crippen LogP contribution < -0.4 is 4.62 Å². The fraction of sp³-hybridized carbons (Fsp3) is 0.667. The summed E-state index contributed by atoms with van der Waals surface area (Å²) in [6.45, 7) is 6.79. The summed E-state index contributed by atoms with van der Waals surface area (Å²) in [5, 5.41) is 8.72. The van der Waals surface area contributed by atoms with Crippen molar-refractivity contribution in [3.05, 3.63) is 24.3 Å². The summed E-state index contributed by atoms with van der Waals surface area (Å²) < 4.78 is 53.9. The van der Waals surface area contributed by atoms with Crippen molar-refractivity contribution >= 4 is 26.2 Å². The van der Waals surface area contributed by atoms with Crippen LogP contribution in [0, 0.1) is 0 Å². The van der Waals surface area contributed by atoms with Gasteiger partial charge in [0.05, 0.1) is 0 Å². The van der Waals surface area contributed by atoms with Gasteiger partial charge in [-0.15, -0.1) is 19.1 Å². The number of fused-ring (bicyclic) bond motifs is 1. The van der Waals surface area contributed by atoms with Gasteiger partial charge in [0.25, 0.3) is 0 Å². The zero-order valence-electron chi connectivity index (χ0n) is 17.4. The highest BCUT2D eigenvalue weighted by molar-refractivity contribution is 7.64. The summed E-state index contributed by atoms with van der Waals surface area (Å²) in [5.74, 6) is 0. The van der Waals surface area contributed by atoms with E-state index in [1.54, 1.807) is 4.85 Å². The van der Waals surface area contributed by atoms with Gasteiger partial charge in [-0.3, -0.25) is 0 Å². The Morgan fingerprint density at radius 1 is 0.742 bits per heavy atom. The predicted molar refractivity (Wildman–Crippen MR) is 114 cm³/mol. The SMILES string of the molecule is F[B-](F)(F)F.c1ccc2c(c1)nnn2O[P+](N1CCCC1)(N1CCCC1)N1CCCC1. The van der Waals surface area contributed by atoms with Gasteiger partial charge in [-0.05, 0) is 60.7 Å². The summed E-state index contributed by atoms with van der Waals surface area (Å²) >= 11 is 0. The third kappa shape index (κ3) is 5.13.